The molecule has 0 spiro atoms. The van der Waals surface area contributed by atoms with E-state index in [0.717, 1.165) is 33.2 Å². The molecule has 0 atom stereocenters. The zero-order chi connectivity index (χ0) is 21.4. The van der Waals surface area contributed by atoms with Gasteiger partial charge in [-0.3, -0.25) is 0 Å². The molecule has 0 fully saturated rings. The third-order valence-corrected chi connectivity index (χ3v) is 7.25. The maximum Gasteiger partial charge on any atom is 0.268 e. The van der Waals surface area contributed by atoms with Crippen molar-refractivity contribution < 1.29 is 8.42 Å². The molecule has 3 nitrogen and oxygen atoms in total. The molecule has 0 radical (unpaired) electrons. The zero-order valence-corrected chi connectivity index (χ0v) is 17.9. The maximum atomic E-state index is 13.5. The third kappa shape index (κ3) is 3.45. The first kappa shape index (κ1) is 19.3. The Bertz CT molecular complexity index is 1470. The summed E-state index contributed by atoms with van der Waals surface area (Å²) in [5.74, 6) is 0. The monoisotopic (exact) mass is 423 g/mol. The van der Waals surface area contributed by atoms with Gasteiger partial charge in [0.2, 0.25) is 0 Å². The molecule has 0 aliphatic rings. The molecular formula is C27H21NO2S. The summed E-state index contributed by atoms with van der Waals surface area (Å²) in [6, 6.07) is 33.1. The number of aryl methyl sites for hydroxylation is 1. The van der Waals surface area contributed by atoms with Crippen molar-refractivity contribution in [3.63, 3.8) is 0 Å². The second kappa shape index (κ2) is 7.56. The maximum absolute atomic E-state index is 13.5. The number of rotatable bonds is 4. The standard InChI is InChI=1S/C27H21NO2S/c1-20-12-14-24(15-13-20)31(29,30)28-17-16-25-26(22-10-6-3-7-11-22)18-23(19-27(25)28)21-8-4-2-5-9-21/h2-19H,1H3. The Kier molecular flexibility index (Phi) is 4.72. The van der Waals surface area contributed by atoms with Gasteiger partial charge in [0.15, 0.2) is 0 Å². The van der Waals surface area contributed by atoms with Gasteiger partial charge in [-0.1, -0.05) is 78.4 Å². The number of hydrogen-bond acceptors (Lipinski definition) is 2. The molecule has 0 bridgehead atoms. The smallest absolute Gasteiger partial charge is 0.241 e. The molecule has 152 valence electrons. The Morgan fingerprint density at radius 3 is 1.90 bits per heavy atom. The summed E-state index contributed by atoms with van der Waals surface area (Å²) in [5.41, 5.74) is 5.77. The van der Waals surface area contributed by atoms with Crippen LogP contribution in [0.15, 0.2) is 114 Å². The van der Waals surface area contributed by atoms with Gasteiger partial charge in [-0.05, 0) is 59.5 Å². The van der Waals surface area contributed by atoms with Gasteiger partial charge in [-0.25, -0.2) is 12.4 Å². The SMILES string of the molecule is Cc1ccc(S(=O)(=O)n2ccc3c(-c4ccccc4)cc(-c4ccccc4)cc32)cc1. The van der Waals surface area contributed by atoms with Crippen LogP contribution in [0.4, 0.5) is 0 Å². The molecular weight excluding hydrogens is 402 g/mol. The van der Waals surface area contributed by atoms with E-state index in [4.69, 9.17) is 0 Å². The van der Waals surface area contributed by atoms with Gasteiger partial charge >= 0.3 is 0 Å². The summed E-state index contributed by atoms with van der Waals surface area (Å²) in [5, 5.41) is 0.904. The van der Waals surface area contributed by atoms with Crippen LogP contribution in [-0.4, -0.2) is 12.4 Å². The summed E-state index contributed by atoms with van der Waals surface area (Å²) in [6.07, 6.45) is 1.65. The fourth-order valence-electron chi connectivity index (χ4n) is 3.91. The number of nitrogens with zero attached hydrogens (tertiary/aromatic N) is 1. The van der Waals surface area contributed by atoms with E-state index >= 15 is 0 Å². The van der Waals surface area contributed by atoms with Crippen molar-refractivity contribution in [2.45, 2.75) is 11.8 Å². The molecule has 31 heavy (non-hydrogen) atoms. The normalized spacial score (nSPS) is 11.6. The van der Waals surface area contributed by atoms with Crippen LogP contribution in [0.1, 0.15) is 5.56 Å². The fraction of sp³-hybridized carbons (Fsp3) is 0.0370. The molecule has 0 saturated carbocycles. The molecule has 0 aliphatic carbocycles. The highest BCUT2D eigenvalue weighted by molar-refractivity contribution is 7.90. The highest BCUT2D eigenvalue weighted by Crippen LogP contribution is 2.36. The van der Waals surface area contributed by atoms with Crippen molar-refractivity contribution in [1.82, 2.24) is 3.97 Å². The molecule has 0 unspecified atom stereocenters. The van der Waals surface area contributed by atoms with Gasteiger partial charge in [0, 0.05) is 11.6 Å². The van der Waals surface area contributed by atoms with Crippen molar-refractivity contribution in [3.8, 4) is 22.3 Å². The predicted octanol–water partition coefficient (Wildman–Crippen LogP) is 6.52. The average molecular weight is 424 g/mol. The Morgan fingerprint density at radius 1 is 0.645 bits per heavy atom. The summed E-state index contributed by atoms with van der Waals surface area (Å²) in [6.45, 7) is 1.94. The van der Waals surface area contributed by atoms with Crippen LogP contribution in [0.3, 0.4) is 0 Å². The van der Waals surface area contributed by atoms with E-state index < -0.39 is 10.0 Å². The molecule has 4 heteroatoms. The minimum absolute atomic E-state index is 0.280. The topological polar surface area (TPSA) is 39.1 Å². The molecule has 0 saturated heterocycles. The molecule has 0 amide bonds. The van der Waals surface area contributed by atoms with Crippen LogP contribution in [0.25, 0.3) is 33.2 Å². The third-order valence-electron chi connectivity index (χ3n) is 5.54. The first-order valence-electron chi connectivity index (χ1n) is 10.1. The molecule has 0 N–H and O–H groups in total. The van der Waals surface area contributed by atoms with Gasteiger partial charge < -0.3 is 0 Å². The van der Waals surface area contributed by atoms with Crippen molar-refractivity contribution in [2.75, 3.05) is 0 Å². The van der Waals surface area contributed by atoms with Crippen molar-refractivity contribution in [2.24, 2.45) is 0 Å². The highest BCUT2D eigenvalue weighted by Gasteiger charge is 2.21. The Morgan fingerprint density at radius 2 is 1.26 bits per heavy atom. The first-order valence-corrected chi connectivity index (χ1v) is 11.6. The number of benzene rings is 4. The first-order chi connectivity index (χ1) is 15.0. The number of aromatic nitrogens is 1. The summed E-state index contributed by atoms with van der Waals surface area (Å²) < 4.78 is 28.4. The van der Waals surface area contributed by atoms with Crippen LogP contribution < -0.4 is 0 Å². The minimum atomic E-state index is -3.72. The van der Waals surface area contributed by atoms with E-state index in [1.165, 1.54) is 3.97 Å². The van der Waals surface area contributed by atoms with E-state index in [1.54, 1.807) is 18.3 Å². The second-order valence-electron chi connectivity index (χ2n) is 7.62. The Hall–Kier alpha value is -3.63. The Labute approximate surface area is 182 Å². The molecule has 4 aromatic carbocycles. The molecule has 0 aliphatic heterocycles. The summed E-state index contributed by atoms with van der Waals surface area (Å²) in [7, 11) is -3.72. The van der Waals surface area contributed by atoms with E-state index in [0.29, 0.717) is 5.52 Å². The lowest BCUT2D eigenvalue weighted by molar-refractivity contribution is 0.589. The van der Waals surface area contributed by atoms with Crippen molar-refractivity contribution in [3.05, 3.63) is 115 Å². The van der Waals surface area contributed by atoms with Gasteiger partial charge in [-0.2, -0.15) is 0 Å². The minimum Gasteiger partial charge on any atom is -0.241 e. The van der Waals surface area contributed by atoms with Gasteiger partial charge in [-0.15, -0.1) is 0 Å². The highest BCUT2D eigenvalue weighted by atomic mass is 32.2. The summed E-state index contributed by atoms with van der Waals surface area (Å²) >= 11 is 0. The van der Waals surface area contributed by atoms with Gasteiger partial charge in [0.25, 0.3) is 10.0 Å². The number of fused-ring (bicyclic) bond motifs is 1. The van der Waals surface area contributed by atoms with Crippen LogP contribution in [0.2, 0.25) is 0 Å². The quantitative estimate of drug-likeness (QED) is 0.330. The van der Waals surface area contributed by atoms with Crippen LogP contribution >= 0.6 is 0 Å². The predicted molar refractivity (Wildman–Crippen MR) is 127 cm³/mol. The van der Waals surface area contributed by atoms with Gasteiger partial charge in [0.05, 0.1) is 10.4 Å². The van der Waals surface area contributed by atoms with Crippen LogP contribution in [-0.2, 0) is 10.0 Å². The van der Waals surface area contributed by atoms with Crippen LogP contribution in [0, 0.1) is 6.92 Å². The van der Waals surface area contributed by atoms with Crippen molar-refractivity contribution >= 4 is 20.9 Å². The zero-order valence-electron chi connectivity index (χ0n) is 17.1. The van der Waals surface area contributed by atoms with Crippen LogP contribution in [0.5, 0.6) is 0 Å². The molecule has 5 aromatic rings. The van der Waals surface area contributed by atoms with E-state index in [9.17, 15) is 8.42 Å². The van der Waals surface area contributed by atoms with E-state index in [1.807, 2.05) is 79.7 Å². The molecule has 5 rings (SSSR count). The van der Waals surface area contributed by atoms with Crippen molar-refractivity contribution in [1.29, 1.82) is 0 Å². The second-order valence-corrected chi connectivity index (χ2v) is 9.43. The lowest BCUT2D eigenvalue weighted by atomic mass is 9.96. The lowest BCUT2D eigenvalue weighted by Gasteiger charge is -2.12. The average Bonchev–Trinajstić information content (AvgIpc) is 3.25. The molecule has 1 heterocycles. The number of hydrogen-bond donors (Lipinski definition) is 0. The summed E-state index contributed by atoms with van der Waals surface area (Å²) in [4.78, 5) is 0.280. The van der Waals surface area contributed by atoms with E-state index in [2.05, 4.69) is 18.2 Å². The van der Waals surface area contributed by atoms with Gasteiger partial charge in [0.1, 0.15) is 0 Å². The fourth-order valence-corrected chi connectivity index (χ4v) is 5.24. The lowest BCUT2D eigenvalue weighted by Crippen LogP contribution is -2.11. The molecule has 1 aromatic heterocycles. The Balaban J connectivity index is 1.80. The largest absolute Gasteiger partial charge is 0.268 e. The van der Waals surface area contributed by atoms with E-state index in [-0.39, 0.29) is 4.90 Å².